The first-order valence-electron chi connectivity index (χ1n) is 0.667. The van der Waals surface area contributed by atoms with E-state index in [2.05, 4.69) is 0 Å². The minimum absolute atomic E-state index is 0. The molecule has 1 radical (unpaired) electrons. The predicted octanol–water partition coefficient (Wildman–Crippen LogP) is -6.13. The van der Waals surface area contributed by atoms with Crippen LogP contribution in [0.3, 0.4) is 0 Å². The number of rotatable bonds is 0. The third-order valence-corrected chi connectivity index (χ3v) is 0. The maximum Gasteiger partial charge on any atom is 2.00 e. The Morgan fingerprint density at radius 1 is 0.692 bits per heavy atom. The average molecular weight is 276 g/mol. The van der Waals surface area contributed by atoms with Crippen LogP contribution >= 0.6 is 0 Å². The maximum absolute atomic E-state index is 8.52. The average Bonchev–Trinajstić information content (AvgIpc) is 0.722. The SMILES string of the molecule is N.O.O.O.O.O.O.O=S(=O)([O-])[O-].[Mn+2]. The second-order valence-corrected chi connectivity index (χ2v) is 1.22. The van der Waals surface area contributed by atoms with Crippen LogP contribution in [-0.4, -0.2) is 50.4 Å². The third-order valence-electron chi connectivity index (χ3n) is 0. The zero-order valence-corrected chi connectivity index (χ0v) is 8.12. The van der Waals surface area contributed by atoms with E-state index in [9.17, 15) is 0 Å². The van der Waals surface area contributed by atoms with E-state index in [1.54, 1.807) is 0 Å². The summed E-state index contributed by atoms with van der Waals surface area (Å²) in [4.78, 5) is 0. The standard InChI is InChI=1S/Mn.H3N.H2O4S.6H2O/c;;1-5(2,3)4;;;;;;/h;1H3;(H2,1,2,3,4);6*1H2/q+2;;;;;;;;/p-2. The van der Waals surface area contributed by atoms with Gasteiger partial charge >= 0.3 is 17.1 Å². The Morgan fingerprint density at radius 2 is 0.692 bits per heavy atom. The molecule has 0 aliphatic rings. The summed E-state index contributed by atoms with van der Waals surface area (Å²) in [5.74, 6) is 0. The van der Waals surface area contributed by atoms with Crippen molar-refractivity contribution in [2.75, 3.05) is 0 Å². The summed E-state index contributed by atoms with van der Waals surface area (Å²) in [6.07, 6.45) is 0. The van der Waals surface area contributed by atoms with Gasteiger partial charge in [0.15, 0.2) is 0 Å². The molecule has 93 valence electrons. The van der Waals surface area contributed by atoms with E-state index in [1.165, 1.54) is 0 Å². The van der Waals surface area contributed by atoms with Gasteiger partial charge in [0, 0.05) is 10.4 Å². The topological polar surface area (TPSA) is 304 Å². The fourth-order valence-electron chi connectivity index (χ4n) is 0. The van der Waals surface area contributed by atoms with Crippen molar-refractivity contribution in [1.82, 2.24) is 6.15 Å². The summed E-state index contributed by atoms with van der Waals surface area (Å²) in [7, 11) is -5.17. The molecular formula is H15MnNO10S. The molecule has 13 heavy (non-hydrogen) atoms. The molecule has 13 heteroatoms. The molecule has 0 saturated heterocycles. The first-order valence-corrected chi connectivity index (χ1v) is 2.00. The summed E-state index contributed by atoms with van der Waals surface area (Å²) in [6, 6.07) is 0. The second-order valence-electron chi connectivity index (χ2n) is 0.408. The van der Waals surface area contributed by atoms with Gasteiger partial charge in [0.1, 0.15) is 0 Å². The molecule has 0 aliphatic carbocycles. The Hall–Kier alpha value is 0.109. The fraction of sp³-hybridized carbons (Fsp3) is 0. The van der Waals surface area contributed by atoms with Crippen molar-refractivity contribution in [3.8, 4) is 0 Å². The van der Waals surface area contributed by atoms with Crippen LogP contribution in [0.2, 0.25) is 0 Å². The van der Waals surface area contributed by atoms with E-state index in [0.29, 0.717) is 0 Å². The van der Waals surface area contributed by atoms with E-state index in [4.69, 9.17) is 17.5 Å². The first-order chi connectivity index (χ1) is 2.00. The third kappa shape index (κ3) is 103000. The van der Waals surface area contributed by atoms with E-state index in [0.717, 1.165) is 0 Å². The van der Waals surface area contributed by atoms with Crippen LogP contribution in [0.1, 0.15) is 0 Å². The Morgan fingerprint density at radius 3 is 0.692 bits per heavy atom. The van der Waals surface area contributed by atoms with Crippen molar-refractivity contribution in [2.24, 2.45) is 0 Å². The van der Waals surface area contributed by atoms with Crippen LogP contribution in [0.5, 0.6) is 0 Å². The van der Waals surface area contributed by atoms with Crippen LogP contribution in [0, 0.1) is 0 Å². The molecule has 0 atom stereocenters. The summed E-state index contributed by atoms with van der Waals surface area (Å²) in [6.45, 7) is 0. The minimum Gasteiger partial charge on any atom is -0.759 e. The van der Waals surface area contributed by atoms with Gasteiger partial charge in [-0.05, 0) is 0 Å². The summed E-state index contributed by atoms with van der Waals surface area (Å²) in [5, 5.41) is 0. The summed E-state index contributed by atoms with van der Waals surface area (Å²) < 4.78 is 34.1. The molecule has 0 fully saturated rings. The molecule has 0 spiro atoms. The molecule has 0 aromatic carbocycles. The van der Waals surface area contributed by atoms with Crippen molar-refractivity contribution >= 4 is 10.4 Å². The molecule has 0 saturated carbocycles. The monoisotopic (exact) mass is 276 g/mol. The largest absolute Gasteiger partial charge is 2.00 e. The van der Waals surface area contributed by atoms with Gasteiger partial charge in [-0.2, -0.15) is 0 Å². The van der Waals surface area contributed by atoms with Crippen molar-refractivity contribution in [1.29, 1.82) is 0 Å². The van der Waals surface area contributed by atoms with Crippen molar-refractivity contribution in [3.63, 3.8) is 0 Å². The van der Waals surface area contributed by atoms with Gasteiger partial charge in [-0.15, -0.1) is 0 Å². The van der Waals surface area contributed by atoms with Gasteiger partial charge < -0.3 is 48.1 Å². The molecule has 11 nitrogen and oxygen atoms in total. The predicted molar refractivity (Wildman–Crippen MR) is 37.2 cm³/mol. The first kappa shape index (κ1) is 114. The minimum atomic E-state index is -5.17. The van der Waals surface area contributed by atoms with Gasteiger partial charge in [-0.3, -0.25) is 8.42 Å². The molecule has 15 N–H and O–H groups in total. The van der Waals surface area contributed by atoms with E-state index in [-0.39, 0.29) is 56.1 Å². The molecule has 0 amide bonds. The Labute approximate surface area is 84.6 Å². The maximum atomic E-state index is 8.52. The Balaban J connectivity index is -0.00000000286. The quantitative estimate of drug-likeness (QED) is 0.255. The van der Waals surface area contributed by atoms with Gasteiger partial charge in [0.05, 0.1) is 0 Å². The van der Waals surface area contributed by atoms with Gasteiger partial charge in [-0.1, -0.05) is 0 Å². The van der Waals surface area contributed by atoms with Crippen molar-refractivity contribution in [3.05, 3.63) is 0 Å². The van der Waals surface area contributed by atoms with Crippen LogP contribution in [-0.2, 0) is 27.5 Å². The zero-order chi connectivity index (χ0) is 4.50. The smallest absolute Gasteiger partial charge is 0.759 e. The van der Waals surface area contributed by atoms with Crippen LogP contribution < -0.4 is 6.15 Å². The normalized spacial score (nSPS) is 4.46. The fourth-order valence-corrected chi connectivity index (χ4v) is 0. The Bertz CT molecular complexity index is 98.1. The van der Waals surface area contributed by atoms with Crippen molar-refractivity contribution in [2.45, 2.75) is 0 Å². The molecule has 0 rings (SSSR count). The molecule has 0 aliphatic heterocycles. The van der Waals surface area contributed by atoms with Crippen LogP contribution in [0.25, 0.3) is 0 Å². The molecule has 0 aromatic rings. The van der Waals surface area contributed by atoms with Gasteiger partial charge in [-0.25, -0.2) is 0 Å². The van der Waals surface area contributed by atoms with Crippen molar-refractivity contribution < 1.29 is 67.4 Å². The molecular weight excluding hydrogens is 261 g/mol. The molecule has 0 unspecified atom stereocenters. The van der Waals surface area contributed by atoms with Gasteiger partial charge in [0.2, 0.25) is 0 Å². The number of hydrogen-bond acceptors (Lipinski definition) is 5. The zero-order valence-electron chi connectivity index (χ0n) is 6.13. The Kier molecular flexibility index (Phi) is 351. The van der Waals surface area contributed by atoms with E-state index < -0.39 is 10.4 Å². The van der Waals surface area contributed by atoms with E-state index >= 15 is 0 Å². The number of hydrogen-bond donors (Lipinski definition) is 1. The molecule has 0 bridgehead atoms. The summed E-state index contributed by atoms with van der Waals surface area (Å²) >= 11 is 0. The van der Waals surface area contributed by atoms with Crippen LogP contribution in [0.15, 0.2) is 0 Å². The molecule has 0 heterocycles. The summed E-state index contributed by atoms with van der Waals surface area (Å²) in [5.41, 5.74) is 0. The molecule has 0 aromatic heterocycles. The van der Waals surface area contributed by atoms with Gasteiger partial charge in [0.25, 0.3) is 0 Å². The van der Waals surface area contributed by atoms with Crippen LogP contribution in [0.4, 0.5) is 0 Å². The second kappa shape index (κ2) is 40.0. The van der Waals surface area contributed by atoms with E-state index in [1.807, 2.05) is 0 Å².